The molecule has 0 aliphatic carbocycles. The van der Waals surface area contributed by atoms with Crippen LogP contribution >= 0.6 is 0 Å². The van der Waals surface area contributed by atoms with E-state index in [0.717, 1.165) is 25.7 Å². The van der Waals surface area contributed by atoms with E-state index in [1.165, 1.54) is 58.5 Å². The Kier molecular flexibility index (Phi) is 16.9. The summed E-state index contributed by atoms with van der Waals surface area (Å²) >= 11 is 0. The summed E-state index contributed by atoms with van der Waals surface area (Å²) in [5.41, 5.74) is 0. The quantitative estimate of drug-likeness (QED) is 0.204. The Labute approximate surface area is 143 Å². The molecule has 23 heavy (non-hydrogen) atoms. The van der Waals surface area contributed by atoms with Crippen molar-refractivity contribution in [1.82, 2.24) is 0 Å². The van der Waals surface area contributed by atoms with Gasteiger partial charge in [-0.2, -0.15) is 0 Å². The first-order valence-corrected chi connectivity index (χ1v) is 9.49. The van der Waals surface area contributed by atoms with E-state index in [1.807, 2.05) is 7.11 Å². The van der Waals surface area contributed by atoms with Gasteiger partial charge in [0.1, 0.15) is 0 Å². The minimum atomic E-state index is -0.0877. The monoisotopic (exact) mass is 326 g/mol. The molecular formula is C20H38O3. The van der Waals surface area contributed by atoms with Gasteiger partial charge in [-0.1, -0.05) is 64.0 Å². The number of allylic oxidation sites excluding steroid dienone is 1. The van der Waals surface area contributed by atoms with E-state index in [0.29, 0.717) is 12.5 Å². The van der Waals surface area contributed by atoms with Crippen molar-refractivity contribution in [3.05, 3.63) is 12.2 Å². The molecule has 0 saturated carbocycles. The molecule has 0 aromatic heterocycles. The minimum absolute atomic E-state index is 0.0877. The van der Waals surface area contributed by atoms with Crippen LogP contribution in [-0.2, 0) is 14.3 Å². The van der Waals surface area contributed by atoms with E-state index >= 15 is 0 Å². The fraction of sp³-hybridized carbons (Fsp3) is 0.850. The van der Waals surface area contributed by atoms with E-state index in [2.05, 4.69) is 23.8 Å². The maximum absolute atomic E-state index is 11.0. The molecule has 0 aromatic carbocycles. The molecule has 0 spiro atoms. The number of rotatable bonds is 16. The van der Waals surface area contributed by atoms with Crippen molar-refractivity contribution in [1.29, 1.82) is 0 Å². The second-order valence-electron chi connectivity index (χ2n) is 6.30. The van der Waals surface area contributed by atoms with Crippen molar-refractivity contribution in [2.75, 3.05) is 14.2 Å². The molecule has 0 amide bonds. The van der Waals surface area contributed by atoms with E-state index in [-0.39, 0.29) is 5.97 Å². The normalized spacial score (nSPS) is 12.7. The third kappa shape index (κ3) is 15.8. The average Bonchev–Trinajstić information content (AvgIpc) is 2.57. The molecule has 0 aliphatic heterocycles. The number of unbranched alkanes of at least 4 members (excludes halogenated alkanes) is 8. The maximum atomic E-state index is 11.0. The van der Waals surface area contributed by atoms with Gasteiger partial charge in [0, 0.05) is 13.5 Å². The Balaban J connectivity index is 3.42. The van der Waals surface area contributed by atoms with Gasteiger partial charge in [-0.3, -0.25) is 4.79 Å². The first kappa shape index (κ1) is 22.2. The summed E-state index contributed by atoms with van der Waals surface area (Å²) in [7, 11) is 3.28. The van der Waals surface area contributed by atoms with E-state index < -0.39 is 0 Å². The summed E-state index contributed by atoms with van der Waals surface area (Å²) in [5, 5.41) is 0. The summed E-state index contributed by atoms with van der Waals surface area (Å²) in [6, 6.07) is 0. The molecule has 3 heteroatoms. The van der Waals surface area contributed by atoms with Crippen LogP contribution in [0.15, 0.2) is 12.2 Å². The predicted molar refractivity (Wildman–Crippen MR) is 97.6 cm³/mol. The number of hydrogen-bond acceptors (Lipinski definition) is 3. The van der Waals surface area contributed by atoms with Gasteiger partial charge in [-0.25, -0.2) is 0 Å². The summed E-state index contributed by atoms with van der Waals surface area (Å²) in [5.74, 6) is -0.0877. The molecule has 136 valence electrons. The first-order chi connectivity index (χ1) is 11.2. The van der Waals surface area contributed by atoms with Gasteiger partial charge in [0.15, 0.2) is 0 Å². The highest BCUT2D eigenvalue weighted by Gasteiger charge is 2.04. The van der Waals surface area contributed by atoms with Crippen LogP contribution < -0.4 is 0 Å². The van der Waals surface area contributed by atoms with Crippen LogP contribution in [0.25, 0.3) is 0 Å². The van der Waals surface area contributed by atoms with Gasteiger partial charge in [0.2, 0.25) is 0 Å². The number of ether oxygens (including phenoxy) is 2. The van der Waals surface area contributed by atoms with Crippen LogP contribution in [-0.4, -0.2) is 26.3 Å². The molecule has 0 bridgehead atoms. The Hall–Kier alpha value is -0.830. The third-order valence-corrected chi connectivity index (χ3v) is 4.26. The summed E-state index contributed by atoms with van der Waals surface area (Å²) in [6.07, 6.45) is 19.9. The highest BCUT2D eigenvalue weighted by molar-refractivity contribution is 5.68. The number of carbonyl (C=O) groups excluding carboxylic acids is 1. The molecule has 0 rings (SSSR count). The molecule has 0 N–H and O–H groups in total. The van der Waals surface area contributed by atoms with Crippen molar-refractivity contribution >= 4 is 5.97 Å². The van der Waals surface area contributed by atoms with Gasteiger partial charge in [0.25, 0.3) is 0 Å². The lowest BCUT2D eigenvalue weighted by molar-refractivity contribution is -0.140. The highest BCUT2D eigenvalue weighted by atomic mass is 16.5. The van der Waals surface area contributed by atoms with Crippen molar-refractivity contribution in [2.24, 2.45) is 0 Å². The van der Waals surface area contributed by atoms with Crippen LogP contribution in [0.3, 0.4) is 0 Å². The lowest BCUT2D eigenvalue weighted by Crippen LogP contribution is -2.08. The Morgan fingerprint density at radius 2 is 1.61 bits per heavy atom. The highest BCUT2D eigenvalue weighted by Crippen LogP contribution is 2.12. The van der Waals surface area contributed by atoms with E-state index in [1.54, 1.807) is 0 Å². The van der Waals surface area contributed by atoms with Gasteiger partial charge in [-0.05, 0) is 32.1 Å². The SMILES string of the molecule is CCCCCCC(C/C=C\CCCCCCCC(=O)OC)OC. The summed E-state index contributed by atoms with van der Waals surface area (Å²) < 4.78 is 10.2. The Bertz CT molecular complexity index is 287. The van der Waals surface area contributed by atoms with Crippen molar-refractivity contribution < 1.29 is 14.3 Å². The standard InChI is InChI=1S/C20H38O3/c1-4-5-6-13-16-19(22-2)17-14-11-9-7-8-10-12-15-18-20(21)23-3/h11,14,19H,4-10,12-13,15-18H2,1-3H3/b14-11-. The zero-order valence-electron chi connectivity index (χ0n) is 15.6. The number of esters is 1. The van der Waals surface area contributed by atoms with Crippen molar-refractivity contribution in [3.8, 4) is 0 Å². The van der Waals surface area contributed by atoms with Crippen molar-refractivity contribution in [2.45, 2.75) is 96.5 Å². The second-order valence-corrected chi connectivity index (χ2v) is 6.30. The summed E-state index contributed by atoms with van der Waals surface area (Å²) in [4.78, 5) is 11.0. The fourth-order valence-corrected chi connectivity index (χ4v) is 2.66. The molecule has 3 nitrogen and oxygen atoms in total. The maximum Gasteiger partial charge on any atom is 0.305 e. The molecular weight excluding hydrogens is 288 g/mol. The summed E-state index contributed by atoms with van der Waals surface area (Å²) in [6.45, 7) is 2.25. The van der Waals surface area contributed by atoms with E-state index in [9.17, 15) is 4.79 Å². The Morgan fingerprint density at radius 1 is 0.913 bits per heavy atom. The minimum Gasteiger partial charge on any atom is -0.469 e. The molecule has 0 heterocycles. The smallest absolute Gasteiger partial charge is 0.305 e. The predicted octanol–water partition coefficient (Wildman–Crippen LogP) is 5.82. The lowest BCUT2D eigenvalue weighted by atomic mass is 10.1. The van der Waals surface area contributed by atoms with Crippen LogP contribution in [0.4, 0.5) is 0 Å². The van der Waals surface area contributed by atoms with Crippen LogP contribution in [0, 0.1) is 0 Å². The molecule has 0 fully saturated rings. The molecule has 1 unspecified atom stereocenters. The number of methoxy groups -OCH3 is 2. The van der Waals surface area contributed by atoms with Gasteiger partial charge in [0.05, 0.1) is 13.2 Å². The largest absolute Gasteiger partial charge is 0.469 e. The van der Waals surface area contributed by atoms with Crippen molar-refractivity contribution in [3.63, 3.8) is 0 Å². The van der Waals surface area contributed by atoms with Crippen LogP contribution in [0.1, 0.15) is 90.4 Å². The lowest BCUT2D eigenvalue weighted by Gasteiger charge is -2.12. The molecule has 0 aromatic rings. The molecule has 0 aliphatic rings. The second kappa shape index (κ2) is 17.5. The third-order valence-electron chi connectivity index (χ3n) is 4.26. The average molecular weight is 327 g/mol. The zero-order chi connectivity index (χ0) is 17.2. The molecule has 1 atom stereocenters. The van der Waals surface area contributed by atoms with Gasteiger partial charge < -0.3 is 9.47 Å². The van der Waals surface area contributed by atoms with Crippen LogP contribution in [0.5, 0.6) is 0 Å². The molecule has 0 radical (unpaired) electrons. The zero-order valence-corrected chi connectivity index (χ0v) is 15.6. The van der Waals surface area contributed by atoms with E-state index in [4.69, 9.17) is 4.74 Å². The van der Waals surface area contributed by atoms with Gasteiger partial charge >= 0.3 is 5.97 Å². The van der Waals surface area contributed by atoms with Crippen LogP contribution in [0.2, 0.25) is 0 Å². The fourth-order valence-electron chi connectivity index (χ4n) is 2.66. The number of hydrogen-bond donors (Lipinski definition) is 0. The van der Waals surface area contributed by atoms with Gasteiger partial charge in [-0.15, -0.1) is 0 Å². The Morgan fingerprint density at radius 3 is 2.30 bits per heavy atom. The topological polar surface area (TPSA) is 35.5 Å². The number of carbonyl (C=O) groups is 1. The first-order valence-electron chi connectivity index (χ1n) is 9.49. The molecule has 0 saturated heterocycles.